The third-order valence-corrected chi connectivity index (χ3v) is 3.51. The number of amides is 2. The van der Waals surface area contributed by atoms with Crippen molar-refractivity contribution in [3.05, 3.63) is 18.2 Å². The van der Waals surface area contributed by atoms with Gasteiger partial charge in [-0.3, -0.25) is 9.69 Å². The zero-order chi connectivity index (χ0) is 16.2. The van der Waals surface area contributed by atoms with E-state index in [1.807, 2.05) is 6.92 Å². The largest absolute Gasteiger partial charge is 0.454 e. The van der Waals surface area contributed by atoms with E-state index in [1.165, 1.54) is 4.90 Å². The number of nitrogens with zero attached hydrogens (tertiary/aromatic N) is 1. The first-order valence-electron chi connectivity index (χ1n) is 7.39. The lowest BCUT2D eigenvalue weighted by molar-refractivity contribution is -0.125. The van der Waals surface area contributed by atoms with Crippen LogP contribution < -0.4 is 19.7 Å². The van der Waals surface area contributed by atoms with Gasteiger partial charge in [0.1, 0.15) is 12.7 Å². The van der Waals surface area contributed by atoms with Crippen molar-refractivity contribution in [2.24, 2.45) is 0 Å². The fraction of sp³-hybridized carbons (Fsp3) is 0.467. The molecular formula is C15H18N2O6. The van der Waals surface area contributed by atoms with Gasteiger partial charge in [0.25, 0.3) is 0 Å². The fourth-order valence-electron chi connectivity index (χ4n) is 2.37. The van der Waals surface area contributed by atoms with Gasteiger partial charge < -0.3 is 24.3 Å². The van der Waals surface area contributed by atoms with Crippen LogP contribution in [0, 0.1) is 0 Å². The van der Waals surface area contributed by atoms with E-state index in [0.717, 1.165) is 0 Å². The zero-order valence-electron chi connectivity index (χ0n) is 12.7. The first kappa shape index (κ1) is 15.4. The van der Waals surface area contributed by atoms with Crippen LogP contribution in [0.15, 0.2) is 18.2 Å². The Kier molecular flexibility index (Phi) is 4.52. The third-order valence-electron chi connectivity index (χ3n) is 3.51. The molecule has 1 atom stereocenters. The summed E-state index contributed by atoms with van der Waals surface area (Å²) in [5.74, 6) is 1.02. The number of carbonyl (C=O) groups excluding carboxylic acids is 2. The molecule has 1 unspecified atom stereocenters. The van der Waals surface area contributed by atoms with Gasteiger partial charge >= 0.3 is 6.09 Å². The van der Waals surface area contributed by atoms with E-state index in [0.29, 0.717) is 30.3 Å². The van der Waals surface area contributed by atoms with Gasteiger partial charge in [-0.2, -0.15) is 0 Å². The average Bonchev–Trinajstić information content (AvgIpc) is 3.16. The third kappa shape index (κ3) is 3.48. The van der Waals surface area contributed by atoms with Crippen LogP contribution in [0.3, 0.4) is 0 Å². The molecule has 124 valence electrons. The second-order valence-electron chi connectivity index (χ2n) is 5.10. The molecule has 0 aliphatic carbocycles. The number of carbonyl (C=O) groups is 2. The quantitative estimate of drug-likeness (QED) is 0.837. The van der Waals surface area contributed by atoms with Crippen LogP contribution in [-0.2, 0) is 14.3 Å². The monoisotopic (exact) mass is 322 g/mol. The summed E-state index contributed by atoms with van der Waals surface area (Å²) in [6.07, 6.45) is -0.855. The van der Waals surface area contributed by atoms with Crippen molar-refractivity contribution < 1.29 is 28.5 Å². The lowest BCUT2D eigenvalue weighted by Gasteiger charge is -2.13. The van der Waals surface area contributed by atoms with E-state index in [9.17, 15) is 9.59 Å². The van der Waals surface area contributed by atoms with E-state index in [2.05, 4.69) is 5.32 Å². The number of nitrogens with one attached hydrogen (secondary N) is 1. The molecule has 8 nitrogen and oxygen atoms in total. The molecule has 1 aromatic carbocycles. The number of rotatable bonds is 6. The molecule has 0 aromatic heterocycles. The van der Waals surface area contributed by atoms with E-state index in [4.69, 9.17) is 18.9 Å². The number of anilines is 1. The van der Waals surface area contributed by atoms with Crippen LogP contribution in [0.1, 0.15) is 6.92 Å². The van der Waals surface area contributed by atoms with Crippen molar-refractivity contribution in [3.63, 3.8) is 0 Å². The Morgan fingerprint density at radius 1 is 1.39 bits per heavy atom. The highest BCUT2D eigenvalue weighted by Crippen LogP contribution is 2.36. The molecule has 1 aromatic rings. The Hall–Kier alpha value is -2.48. The summed E-state index contributed by atoms with van der Waals surface area (Å²) in [6, 6.07) is 5.26. The highest BCUT2D eigenvalue weighted by molar-refractivity contribution is 5.90. The summed E-state index contributed by atoms with van der Waals surface area (Å²) in [7, 11) is 0. The molecule has 2 amide bonds. The number of hydrogen-bond acceptors (Lipinski definition) is 6. The van der Waals surface area contributed by atoms with Gasteiger partial charge in [-0.05, 0) is 19.1 Å². The molecule has 23 heavy (non-hydrogen) atoms. The molecule has 0 radical (unpaired) electrons. The lowest BCUT2D eigenvalue weighted by atomic mass is 10.2. The van der Waals surface area contributed by atoms with Crippen molar-refractivity contribution in [1.29, 1.82) is 0 Å². The Balaban J connectivity index is 1.56. The maximum Gasteiger partial charge on any atom is 0.414 e. The van der Waals surface area contributed by atoms with Gasteiger partial charge in [-0.15, -0.1) is 0 Å². The molecule has 1 fully saturated rings. The van der Waals surface area contributed by atoms with Gasteiger partial charge in [0, 0.05) is 12.7 Å². The van der Waals surface area contributed by atoms with Crippen LogP contribution in [0.25, 0.3) is 0 Å². The number of benzene rings is 1. The van der Waals surface area contributed by atoms with Crippen molar-refractivity contribution >= 4 is 17.7 Å². The normalized spacial score (nSPS) is 18.9. The Morgan fingerprint density at radius 3 is 3.04 bits per heavy atom. The predicted molar refractivity (Wildman–Crippen MR) is 79.7 cm³/mol. The van der Waals surface area contributed by atoms with Crippen LogP contribution in [0.2, 0.25) is 0 Å². The van der Waals surface area contributed by atoms with E-state index < -0.39 is 12.2 Å². The molecule has 2 aliphatic rings. The Morgan fingerprint density at radius 2 is 2.22 bits per heavy atom. The Bertz CT molecular complexity index is 606. The zero-order valence-corrected chi connectivity index (χ0v) is 12.7. The van der Waals surface area contributed by atoms with E-state index in [-0.39, 0.29) is 25.9 Å². The summed E-state index contributed by atoms with van der Waals surface area (Å²) in [4.78, 5) is 25.0. The first-order chi connectivity index (χ1) is 11.2. The first-order valence-corrected chi connectivity index (χ1v) is 7.39. The second kappa shape index (κ2) is 6.74. The second-order valence-corrected chi connectivity index (χ2v) is 5.10. The SMILES string of the molecule is CCOCC(=O)NCC1CN(c2ccc3c(c2)OCO3)C(=O)O1. The molecule has 1 saturated heterocycles. The minimum atomic E-state index is -0.451. The van der Waals surface area contributed by atoms with Gasteiger partial charge in [-0.25, -0.2) is 4.79 Å². The highest BCUT2D eigenvalue weighted by Gasteiger charge is 2.33. The predicted octanol–water partition coefficient (Wildman–Crippen LogP) is 0.893. The summed E-state index contributed by atoms with van der Waals surface area (Å²) >= 11 is 0. The molecule has 0 spiro atoms. The molecular weight excluding hydrogens is 304 g/mol. The van der Waals surface area contributed by atoms with Gasteiger partial charge in [-0.1, -0.05) is 0 Å². The Labute approximate surface area is 133 Å². The molecule has 2 heterocycles. The maximum atomic E-state index is 12.0. The summed E-state index contributed by atoms with van der Waals surface area (Å²) < 4.78 is 20.8. The van der Waals surface area contributed by atoms with Crippen molar-refractivity contribution in [2.75, 3.05) is 38.0 Å². The summed E-state index contributed by atoms with van der Waals surface area (Å²) in [6.45, 7) is 3.08. The average molecular weight is 322 g/mol. The summed E-state index contributed by atoms with van der Waals surface area (Å²) in [5, 5.41) is 2.68. The van der Waals surface area contributed by atoms with Gasteiger partial charge in [0.2, 0.25) is 12.7 Å². The molecule has 0 saturated carbocycles. The topological polar surface area (TPSA) is 86.3 Å². The van der Waals surface area contributed by atoms with Gasteiger partial charge in [0.15, 0.2) is 11.5 Å². The van der Waals surface area contributed by atoms with Crippen LogP contribution in [-0.4, -0.2) is 51.2 Å². The smallest absolute Gasteiger partial charge is 0.414 e. The number of hydrogen-bond donors (Lipinski definition) is 1. The van der Waals surface area contributed by atoms with Crippen LogP contribution in [0.5, 0.6) is 11.5 Å². The van der Waals surface area contributed by atoms with Crippen molar-refractivity contribution in [2.45, 2.75) is 13.0 Å². The van der Waals surface area contributed by atoms with Crippen LogP contribution in [0.4, 0.5) is 10.5 Å². The number of ether oxygens (including phenoxy) is 4. The number of cyclic esters (lactones) is 1. The lowest BCUT2D eigenvalue weighted by Crippen LogP contribution is -2.36. The maximum absolute atomic E-state index is 12.0. The highest BCUT2D eigenvalue weighted by atomic mass is 16.7. The standard InChI is InChI=1S/C15H18N2O6/c1-2-20-8-14(18)16-6-11-7-17(15(19)23-11)10-3-4-12-13(5-10)22-9-21-12/h3-5,11H,2,6-9H2,1H3,(H,16,18). The molecule has 3 rings (SSSR count). The van der Waals surface area contributed by atoms with Crippen LogP contribution >= 0.6 is 0 Å². The molecule has 1 N–H and O–H groups in total. The van der Waals surface area contributed by atoms with Crippen molar-refractivity contribution in [1.82, 2.24) is 5.32 Å². The summed E-state index contributed by atoms with van der Waals surface area (Å²) in [5.41, 5.74) is 0.669. The molecule has 8 heteroatoms. The molecule has 2 aliphatic heterocycles. The van der Waals surface area contributed by atoms with Crippen molar-refractivity contribution in [3.8, 4) is 11.5 Å². The number of fused-ring (bicyclic) bond motifs is 1. The minimum Gasteiger partial charge on any atom is -0.454 e. The van der Waals surface area contributed by atoms with E-state index in [1.54, 1.807) is 18.2 Å². The molecule has 0 bridgehead atoms. The fourth-order valence-corrected chi connectivity index (χ4v) is 2.37. The minimum absolute atomic E-state index is 0.00302. The van der Waals surface area contributed by atoms with Gasteiger partial charge in [0.05, 0.1) is 18.8 Å². The van der Waals surface area contributed by atoms with E-state index >= 15 is 0 Å².